The monoisotopic (exact) mass is 375 g/mol. The number of aromatic nitrogens is 2. The summed E-state index contributed by atoms with van der Waals surface area (Å²) in [5, 5.41) is 4.04. The first-order valence-corrected chi connectivity index (χ1v) is 10.1. The average Bonchev–Trinajstić information content (AvgIpc) is 3.23. The molecule has 2 fully saturated rings. The van der Waals surface area contributed by atoms with Crippen LogP contribution < -0.4 is 0 Å². The molecule has 4 heterocycles. The third-order valence-corrected chi connectivity index (χ3v) is 6.54. The fourth-order valence-corrected chi connectivity index (χ4v) is 4.99. The molecule has 1 spiro atoms. The number of aryl methyl sites for hydroxylation is 2. The quantitative estimate of drug-likeness (QED) is 0.822. The molecule has 2 saturated heterocycles. The van der Waals surface area contributed by atoms with Crippen molar-refractivity contribution in [2.24, 2.45) is 5.92 Å². The molecule has 2 aliphatic rings. The molecule has 26 heavy (non-hydrogen) atoms. The Balaban J connectivity index is 1.35. The van der Waals surface area contributed by atoms with Crippen LogP contribution in [-0.2, 0) is 11.2 Å². The summed E-state index contributed by atoms with van der Waals surface area (Å²) in [6.45, 7) is 6.17. The molecule has 0 aromatic carbocycles. The van der Waals surface area contributed by atoms with Crippen LogP contribution in [0.1, 0.15) is 51.9 Å². The van der Waals surface area contributed by atoms with Crippen molar-refractivity contribution in [3.8, 4) is 0 Å². The van der Waals surface area contributed by atoms with E-state index in [9.17, 15) is 4.79 Å². The number of rotatable bonds is 3. The van der Waals surface area contributed by atoms with E-state index in [1.165, 1.54) is 4.88 Å². The average molecular weight is 375 g/mol. The molecular weight excluding hydrogens is 350 g/mol. The van der Waals surface area contributed by atoms with Crippen molar-refractivity contribution in [3.63, 3.8) is 0 Å². The molecule has 140 valence electrons. The summed E-state index contributed by atoms with van der Waals surface area (Å²) in [5.41, 5.74) is -0.0934. The van der Waals surface area contributed by atoms with Crippen molar-refractivity contribution in [1.29, 1.82) is 0 Å². The van der Waals surface area contributed by atoms with Gasteiger partial charge in [-0.1, -0.05) is 5.16 Å². The smallest absolute Gasteiger partial charge is 0.263 e. The number of amides is 1. The van der Waals surface area contributed by atoms with Gasteiger partial charge in [0.2, 0.25) is 5.89 Å². The molecule has 2 aromatic heterocycles. The van der Waals surface area contributed by atoms with Crippen LogP contribution in [0.4, 0.5) is 0 Å². The molecule has 2 aliphatic heterocycles. The largest absolute Gasteiger partial charge is 0.375 e. The highest BCUT2D eigenvalue weighted by Crippen LogP contribution is 2.39. The first-order valence-electron chi connectivity index (χ1n) is 9.32. The Bertz CT molecular complexity index is 777. The standard InChI is InChI=1S/C19H25N3O3S/c1-13-3-4-16(26-13)18(23)22-8-6-19(7-9-22)12-15(5-10-24-19)11-17-20-14(2)25-21-17/h3-4,15H,5-12H2,1-2H3. The van der Waals surface area contributed by atoms with Gasteiger partial charge in [-0.25, -0.2) is 0 Å². The predicted molar refractivity (Wildman–Crippen MR) is 98.3 cm³/mol. The number of likely N-dealkylation sites (tertiary alicyclic amines) is 1. The summed E-state index contributed by atoms with van der Waals surface area (Å²) in [5.74, 6) is 2.10. The Kier molecular flexibility index (Phi) is 4.84. The van der Waals surface area contributed by atoms with Gasteiger partial charge in [-0.15, -0.1) is 11.3 Å². The molecular formula is C19H25N3O3S. The summed E-state index contributed by atoms with van der Waals surface area (Å²) < 4.78 is 11.3. The molecule has 1 amide bonds. The Labute approximate surface area is 157 Å². The molecule has 0 bridgehead atoms. The van der Waals surface area contributed by atoms with Gasteiger partial charge in [0, 0.05) is 37.9 Å². The van der Waals surface area contributed by atoms with Gasteiger partial charge in [0.15, 0.2) is 5.82 Å². The van der Waals surface area contributed by atoms with E-state index in [-0.39, 0.29) is 11.5 Å². The lowest BCUT2D eigenvalue weighted by atomic mass is 9.78. The summed E-state index contributed by atoms with van der Waals surface area (Å²) in [6.07, 6.45) is 4.71. The number of thiophene rings is 1. The molecule has 0 saturated carbocycles. The number of carbonyl (C=O) groups excluding carboxylic acids is 1. The van der Waals surface area contributed by atoms with E-state index >= 15 is 0 Å². The van der Waals surface area contributed by atoms with Crippen molar-refractivity contribution < 1.29 is 14.1 Å². The lowest BCUT2D eigenvalue weighted by molar-refractivity contribution is -0.123. The Hall–Kier alpha value is -1.73. The van der Waals surface area contributed by atoms with Crippen LogP contribution in [0.3, 0.4) is 0 Å². The summed E-state index contributed by atoms with van der Waals surface area (Å²) in [6, 6.07) is 3.95. The Morgan fingerprint density at radius 3 is 2.81 bits per heavy atom. The molecule has 0 radical (unpaired) electrons. The maximum Gasteiger partial charge on any atom is 0.263 e. The normalized spacial score (nSPS) is 22.7. The molecule has 1 atom stereocenters. The van der Waals surface area contributed by atoms with Gasteiger partial charge in [0.25, 0.3) is 5.91 Å². The van der Waals surface area contributed by atoms with Crippen LogP contribution in [0.2, 0.25) is 0 Å². The Morgan fingerprint density at radius 1 is 1.35 bits per heavy atom. The highest BCUT2D eigenvalue weighted by atomic mass is 32.1. The molecule has 0 N–H and O–H groups in total. The minimum Gasteiger partial charge on any atom is -0.375 e. The van der Waals surface area contributed by atoms with Crippen molar-refractivity contribution in [3.05, 3.63) is 33.6 Å². The zero-order valence-corrected chi connectivity index (χ0v) is 16.2. The maximum atomic E-state index is 12.7. The zero-order valence-electron chi connectivity index (χ0n) is 15.4. The number of nitrogens with zero attached hydrogens (tertiary/aromatic N) is 3. The van der Waals surface area contributed by atoms with Crippen LogP contribution in [0.25, 0.3) is 0 Å². The van der Waals surface area contributed by atoms with E-state index in [0.29, 0.717) is 11.8 Å². The second kappa shape index (κ2) is 7.12. The fourth-order valence-electron chi connectivity index (χ4n) is 4.16. The van der Waals surface area contributed by atoms with Gasteiger partial charge in [-0.3, -0.25) is 4.79 Å². The third kappa shape index (κ3) is 3.69. The van der Waals surface area contributed by atoms with Gasteiger partial charge >= 0.3 is 0 Å². The zero-order chi connectivity index (χ0) is 18.1. The van der Waals surface area contributed by atoms with Gasteiger partial charge < -0.3 is 14.2 Å². The summed E-state index contributed by atoms with van der Waals surface area (Å²) >= 11 is 1.57. The number of carbonyl (C=O) groups is 1. The fraction of sp³-hybridized carbons (Fsp3) is 0.632. The van der Waals surface area contributed by atoms with Crippen molar-refractivity contribution >= 4 is 17.2 Å². The highest BCUT2D eigenvalue weighted by Gasteiger charge is 2.41. The molecule has 2 aromatic rings. The third-order valence-electron chi connectivity index (χ3n) is 5.55. The van der Waals surface area contributed by atoms with Crippen LogP contribution in [0.5, 0.6) is 0 Å². The molecule has 4 rings (SSSR count). The predicted octanol–water partition coefficient (Wildman–Crippen LogP) is 3.39. The van der Waals surface area contributed by atoms with Gasteiger partial charge in [0.1, 0.15) is 0 Å². The van der Waals surface area contributed by atoms with E-state index in [4.69, 9.17) is 9.26 Å². The van der Waals surface area contributed by atoms with Crippen molar-refractivity contribution in [2.45, 2.75) is 51.6 Å². The van der Waals surface area contributed by atoms with Gasteiger partial charge in [-0.2, -0.15) is 4.98 Å². The highest BCUT2D eigenvalue weighted by molar-refractivity contribution is 7.13. The van der Waals surface area contributed by atoms with Gasteiger partial charge in [0.05, 0.1) is 10.5 Å². The maximum absolute atomic E-state index is 12.7. The minimum absolute atomic E-state index is 0.0934. The summed E-state index contributed by atoms with van der Waals surface area (Å²) in [7, 11) is 0. The van der Waals surface area contributed by atoms with Crippen molar-refractivity contribution in [2.75, 3.05) is 19.7 Å². The topological polar surface area (TPSA) is 68.5 Å². The first kappa shape index (κ1) is 17.7. The first-order chi connectivity index (χ1) is 12.5. The molecule has 1 unspecified atom stereocenters. The van der Waals surface area contributed by atoms with E-state index in [1.807, 2.05) is 30.9 Å². The number of piperidine rings is 1. The lowest BCUT2D eigenvalue weighted by Crippen LogP contribution is -2.50. The van der Waals surface area contributed by atoms with Crippen LogP contribution in [-0.4, -0.2) is 46.2 Å². The number of ether oxygens (including phenoxy) is 1. The Morgan fingerprint density at radius 2 is 2.15 bits per heavy atom. The van der Waals surface area contributed by atoms with E-state index < -0.39 is 0 Å². The van der Waals surface area contributed by atoms with E-state index in [0.717, 1.165) is 62.5 Å². The van der Waals surface area contributed by atoms with Gasteiger partial charge in [-0.05, 0) is 50.7 Å². The molecule has 0 aliphatic carbocycles. The summed E-state index contributed by atoms with van der Waals surface area (Å²) in [4.78, 5) is 21.0. The van der Waals surface area contributed by atoms with E-state index in [1.54, 1.807) is 11.3 Å². The molecule has 7 heteroatoms. The lowest BCUT2D eigenvalue weighted by Gasteiger charge is -2.46. The second-order valence-electron chi connectivity index (χ2n) is 7.53. The van der Waals surface area contributed by atoms with Crippen LogP contribution in [0.15, 0.2) is 16.7 Å². The van der Waals surface area contributed by atoms with Crippen LogP contribution in [0, 0.1) is 19.8 Å². The van der Waals surface area contributed by atoms with Crippen LogP contribution >= 0.6 is 11.3 Å². The minimum atomic E-state index is -0.0934. The van der Waals surface area contributed by atoms with E-state index in [2.05, 4.69) is 10.1 Å². The number of hydrogen-bond acceptors (Lipinski definition) is 6. The second-order valence-corrected chi connectivity index (χ2v) is 8.81. The SMILES string of the molecule is Cc1nc(CC2CCOC3(CCN(C(=O)c4ccc(C)s4)CC3)C2)no1. The number of hydrogen-bond donors (Lipinski definition) is 0. The van der Waals surface area contributed by atoms with Crippen molar-refractivity contribution in [1.82, 2.24) is 15.0 Å². The molecule has 6 nitrogen and oxygen atoms in total.